The molecule has 1 aliphatic carbocycles. The Kier molecular flexibility index (Phi) is 4.95. The molecule has 2 rings (SSSR count). The summed E-state index contributed by atoms with van der Waals surface area (Å²) in [6.07, 6.45) is 7.57. The van der Waals surface area contributed by atoms with Crippen molar-refractivity contribution in [3.8, 4) is 0 Å². The lowest BCUT2D eigenvalue weighted by Gasteiger charge is -2.09. The first-order valence-corrected chi connectivity index (χ1v) is 7.77. The highest BCUT2D eigenvalue weighted by atomic mass is 32.1. The lowest BCUT2D eigenvalue weighted by atomic mass is 10.1. The first-order chi connectivity index (χ1) is 9.60. The van der Waals surface area contributed by atoms with Crippen molar-refractivity contribution >= 4 is 23.2 Å². The molecule has 1 aliphatic rings. The van der Waals surface area contributed by atoms with Gasteiger partial charge in [-0.1, -0.05) is 19.1 Å². The third-order valence-electron chi connectivity index (χ3n) is 3.44. The molecule has 1 heterocycles. The van der Waals surface area contributed by atoms with Crippen LogP contribution < -0.4 is 10.9 Å². The number of amides is 2. The second-order valence-corrected chi connectivity index (χ2v) is 6.18. The van der Waals surface area contributed by atoms with Crippen molar-refractivity contribution in [3.05, 3.63) is 33.5 Å². The number of carbonyl (C=O) groups is 2. The molecule has 0 spiro atoms. The van der Waals surface area contributed by atoms with E-state index in [2.05, 4.69) is 29.9 Å². The quantitative estimate of drug-likeness (QED) is 0.662. The molecule has 1 atom stereocenters. The second kappa shape index (κ2) is 6.70. The number of carbonyl (C=O) groups excluding carboxylic acids is 2. The molecule has 1 aromatic heterocycles. The maximum atomic E-state index is 11.9. The van der Waals surface area contributed by atoms with Gasteiger partial charge in [-0.3, -0.25) is 20.4 Å². The van der Waals surface area contributed by atoms with Crippen LogP contribution in [0.5, 0.6) is 0 Å². The Hall–Kier alpha value is -1.62. The average Bonchev–Trinajstić information content (AvgIpc) is 3.05. The van der Waals surface area contributed by atoms with Gasteiger partial charge in [0.05, 0.1) is 4.88 Å². The highest BCUT2D eigenvalue weighted by molar-refractivity contribution is 7.14. The summed E-state index contributed by atoms with van der Waals surface area (Å²) in [6, 6.07) is 1.87. The summed E-state index contributed by atoms with van der Waals surface area (Å²) in [7, 11) is 0. The van der Waals surface area contributed by atoms with Gasteiger partial charge in [-0.05, 0) is 43.7 Å². The lowest BCUT2D eigenvalue weighted by Crippen LogP contribution is -2.41. The average molecular weight is 292 g/mol. The Balaban J connectivity index is 1.81. The fraction of sp³-hybridized carbons (Fsp3) is 0.467. The summed E-state index contributed by atoms with van der Waals surface area (Å²) in [5, 5.41) is 0. The molecule has 0 saturated heterocycles. The van der Waals surface area contributed by atoms with Gasteiger partial charge in [-0.15, -0.1) is 11.3 Å². The highest BCUT2D eigenvalue weighted by Gasteiger charge is 2.16. The first-order valence-electron chi connectivity index (χ1n) is 6.95. The van der Waals surface area contributed by atoms with E-state index >= 15 is 0 Å². The lowest BCUT2D eigenvalue weighted by molar-refractivity contribution is -0.122. The molecule has 4 nitrogen and oxygen atoms in total. The molecule has 0 saturated carbocycles. The van der Waals surface area contributed by atoms with Crippen LogP contribution in [0.25, 0.3) is 0 Å². The van der Waals surface area contributed by atoms with Crippen molar-refractivity contribution in [1.29, 1.82) is 0 Å². The molecule has 2 amide bonds. The van der Waals surface area contributed by atoms with Crippen LogP contribution in [0, 0.1) is 12.8 Å². The van der Waals surface area contributed by atoms with Crippen LogP contribution in [0.1, 0.15) is 46.3 Å². The normalized spacial score (nSPS) is 17.2. The first kappa shape index (κ1) is 14.8. The predicted molar refractivity (Wildman–Crippen MR) is 80.5 cm³/mol. The fourth-order valence-electron chi connectivity index (χ4n) is 2.33. The van der Waals surface area contributed by atoms with Gasteiger partial charge in [0.1, 0.15) is 0 Å². The molecule has 20 heavy (non-hydrogen) atoms. The van der Waals surface area contributed by atoms with E-state index in [1.165, 1.54) is 16.2 Å². The molecule has 0 radical (unpaired) electrons. The maximum Gasteiger partial charge on any atom is 0.279 e. The van der Waals surface area contributed by atoms with Crippen molar-refractivity contribution in [2.75, 3.05) is 0 Å². The fourth-order valence-corrected chi connectivity index (χ4v) is 3.33. The van der Waals surface area contributed by atoms with E-state index in [0.717, 1.165) is 24.8 Å². The topological polar surface area (TPSA) is 58.2 Å². The zero-order valence-corrected chi connectivity index (χ0v) is 12.7. The van der Waals surface area contributed by atoms with Gasteiger partial charge < -0.3 is 0 Å². The van der Waals surface area contributed by atoms with Crippen LogP contribution >= 0.6 is 11.3 Å². The molecule has 2 N–H and O–H groups in total. The maximum absolute atomic E-state index is 11.9. The molecular weight excluding hydrogens is 272 g/mol. The monoisotopic (exact) mass is 292 g/mol. The van der Waals surface area contributed by atoms with E-state index in [1.54, 1.807) is 0 Å². The number of rotatable bonds is 4. The van der Waals surface area contributed by atoms with Gasteiger partial charge in [0.2, 0.25) is 5.91 Å². The zero-order valence-electron chi connectivity index (χ0n) is 11.9. The molecule has 1 aromatic rings. The molecule has 0 aliphatic heterocycles. The highest BCUT2D eigenvalue weighted by Crippen LogP contribution is 2.22. The smallest absolute Gasteiger partial charge is 0.273 e. The van der Waals surface area contributed by atoms with Crippen LogP contribution in [0.15, 0.2) is 18.2 Å². The Morgan fingerprint density at radius 1 is 1.40 bits per heavy atom. The Morgan fingerprint density at radius 2 is 2.20 bits per heavy atom. The largest absolute Gasteiger partial charge is 0.279 e. The molecule has 0 aromatic carbocycles. The number of hydrogen-bond acceptors (Lipinski definition) is 3. The Labute approximate surface area is 123 Å². The third kappa shape index (κ3) is 3.70. The zero-order chi connectivity index (χ0) is 14.5. The summed E-state index contributed by atoms with van der Waals surface area (Å²) < 4.78 is 0. The van der Waals surface area contributed by atoms with Crippen molar-refractivity contribution in [2.24, 2.45) is 5.92 Å². The number of hydrogen-bond donors (Lipinski definition) is 2. The van der Waals surface area contributed by atoms with Crippen molar-refractivity contribution in [2.45, 2.75) is 39.5 Å². The molecule has 0 fully saturated rings. The van der Waals surface area contributed by atoms with E-state index in [1.807, 2.05) is 13.0 Å². The SMILES string of the molecule is CCc1sc(C(=O)NNC(=O)CC2C=CCC2)cc1C. The van der Waals surface area contributed by atoms with Crippen LogP contribution in [0.3, 0.4) is 0 Å². The standard InChI is InChI=1S/C15H20N2O2S/c1-3-12-10(2)8-13(20-12)15(19)17-16-14(18)9-11-6-4-5-7-11/h4,6,8,11H,3,5,7,9H2,1-2H3,(H,16,18)(H,17,19). The van der Waals surface area contributed by atoms with Crippen LogP contribution in [0.2, 0.25) is 0 Å². The second-order valence-electron chi connectivity index (χ2n) is 5.04. The minimum Gasteiger partial charge on any atom is -0.273 e. The van der Waals surface area contributed by atoms with Gasteiger partial charge in [0.25, 0.3) is 5.91 Å². The van der Waals surface area contributed by atoms with Crippen molar-refractivity contribution in [1.82, 2.24) is 10.9 Å². The summed E-state index contributed by atoms with van der Waals surface area (Å²) in [5.74, 6) is -0.0745. The Bertz CT molecular complexity index is 534. The van der Waals surface area contributed by atoms with Gasteiger partial charge in [-0.2, -0.15) is 0 Å². The van der Waals surface area contributed by atoms with Crippen LogP contribution in [-0.4, -0.2) is 11.8 Å². The Morgan fingerprint density at radius 3 is 2.80 bits per heavy atom. The summed E-state index contributed by atoms with van der Waals surface area (Å²) in [5.41, 5.74) is 6.10. The number of hydrazine groups is 1. The summed E-state index contributed by atoms with van der Waals surface area (Å²) in [6.45, 7) is 4.06. The minimum absolute atomic E-state index is 0.140. The molecular formula is C15H20N2O2S. The predicted octanol–water partition coefficient (Wildman–Crippen LogP) is 2.74. The number of nitrogens with one attached hydrogen (secondary N) is 2. The summed E-state index contributed by atoms with van der Waals surface area (Å²) >= 11 is 1.48. The van der Waals surface area contributed by atoms with E-state index < -0.39 is 0 Å². The third-order valence-corrected chi connectivity index (χ3v) is 4.82. The van der Waals surface area contributed by atoms with Crippen LogP contribution in [-0.2, 0) is 11.2 Å². The number of aryl methyl sites for hydroxylation is 2. The van der Waals surface area contributed by atoms with Crippen molar-refractivity contribution in [3.63, 3.8) is 0 Å². The van der Waals surface area contributed by atoms with E-state index in [-0.39, 0.29) is 11.8 Å². The molecule has 0 bridgehead atoms. The number of allylic oxidation sites excluding steroid dienone is 2. The molecule has 1 unspecified atom stereocenters. The van der Waals surface area contributed by atoms with Crippen molar-refractivity contribution < 1.29 is 9.59 Å². The minimum atomic E-state index is -0.242. The molecule has 108 valence electrons. The van der Waals surface area contributed by atoms with Gasteiger partial charge in [-0.25, -0.2) is 0 Å². The van der Waals surface area contributed by atoms with Gasteiger partial charge in [0, 0.05) is 11.3 Å². The number of thiophene rings is 1. The summed E-state index contributed by atoms with van der Waals surface area (Å²) in [4.78, 5) is 25.5. The molecule has 5 heteroatoms. The van der Waals surface area contributed by atoms with E-state index in [4.69, 9.17) is 0 Å². The van der Waals surface area contributed by atoms with Gasteiger partial charge in [0.15, 0.2) is 0 Å². The van der Waals surface area contributed by atoms with Crippen LogP contribution in [0.4, 0.5) is 0 Å². The van der Waals surface area contributed by atoms with E-state index in [9.17, 15) is 9.59 Å². The van der Waals surface area contributed by atoms with E-state index in [0.29, 0.717) is 17.2 Å². The van der Waals surface area contributed by atoms with Gasteiger partial charge >= 0.3 is 0 Å².